The molecule has 1 N–H and O–H groups in total. The molecule has 9 heteroatoms. The molecule has 0 radical (unpaired) electrons. The molecule has 0 aliphatic carbocycles. The summed E-state index contributed by atoms with van der Waals surface area (Å²) >= 11 is 0. The van der Waals surface area contributed by atoms with E-state index in [1.54, 1.807) is 24.2 Å². The molecular weight excluding hydrogens is 385 g/mol. The largest absolute Gasteiger partial charge is 0.416 e. The molecule has 0 saturated carbocycles. The first-order chi connectivity index (χ1) is 13.8. The van der Waals surface area contributed by atoms with E-state index in [0.717, 1.165) is 18.2 Å². The standard InChI is InChI=1S/C16H20F3NO2.C2H3N3.C2H6/c1-4-6-13(16(17,18)19)9-12(3)11-22-14-7-8-20(10-14)15(21)5-2;1-2-4-5-3-1;1-2/h4-6,9,14H,1-2,7-8,10-11H2,3H3;1-2H,(H,3,4,5);1-2H3/b12-9+,13-6+;;. The van der Waals surface area contributed by atoms with E-state index in [1.165, 1.54) is 6.08 Å². The summed E-state index contributed by atoms with van der Waals surface area (Å²) in [6.45, 7) is 13.4. The lowest BCUT2D eigenvalue weighted by atomic mass is 10.1. The Kier molecular flexibility index (Phi) is 13.0. The Labute approximate surface area is 169 Å². The fourth-order valence-electron chi connectivity index (χ4n) is 2.27. The van der Waals surface area contributed by atoms with Crippen LogP contribution in [-0.2, 0) is 9.53 Å². The second-order valence-electron chi connectivity index (χ2n) is 5.71. The molecule has 1 aliphatic rings. The van der Waals surface area contributed by atoms with Gasteiger partial charge < -0.3 is 9.64 Å². The smallest absolute Gasteiger partial charge is 0.372 e. The van der Waals surface area contributed by atoms with E-state index in [4.69, 9.17) is 4.74 Å². The van der Waals surface area contributed by atoms with Crippen LogP contribution >= 0.6 is 0 Å². The van der Waals surface area contributed by atoms with E-state index >= 15 is 0 Å². The third-order valence-electron chi connectivity index (χ3n) is 3.54. The Morgan fingerprint density at radius 3 is 2.38 bits per heavy atom. The lowest BCUT2D eigenvalue weighted by Crippen LogP contribution is -2.28. The van der Waals surface area contributed by atoms with Crippen LogP contribution in [0.25, 0.3) is 0 Å². The molecule has 1 aromatic heterocycles. The number of halogens is 3. The highest BCUT2D eigenvalue weighted by atomic mass is 19.4. The summed E-state index contributed by atoms with van der Waals surface area (Å²) in [6.07, 6.45) is 3.56. The van der Waals surface area contributed by atoms with Crippen LogP contribution in [0.4, 0.5) is 13.2 Å². The number of carbonyl (C=O) groups excluding carboxylic acids is 1. The molecule has 1 saturated heterocycles. The van der Waals surface area contributed by atoms with Gasteiger partial charge in [0.1, 0.15) is 0 Å². The fourth-order valence-corrected chi connectivity index (χ4v) is 2.27. The van der Waals surface area contributed by atoms with Crippen LogP contribution < -0.4 is 0 Å². The zero-order chi connectivity index (χ0) is 22.3. The van der Waals surface area contributed by atoms with Crippen LogP contribution in [0, 0.1) is 0 Å². The van der Waals surface area contributed by atoms with E-state index in [9.17, 15) is 18.0 Å². The van der Waals surface area contributed by atoms with Gasteiger partial charge in [0.25, 0.3) is 0 Å². The molecule has 1 aliphatic heterocycles. The van der Waals surface area contributed by atoms with Gasteiger partial charge in [-0.05, 0) is 31.1 Å². The van der Waals surface area contributed by atoms with Crippen LogP contribution in [0.3, 0.4) is 0 Å². The van der Waals surface area contributed by atoms with Gasteiger partial charge in [-0.2, -0.15) is 28.6 Å². The third kappa shape index (κ3) is 11.0. The molecule has 162 valence electrons. The van der Waals surface area contributed by atoms with E-state index in [-0.39, 0.29) is 18.6 Å². The van der Waals surface area contributed by atoms with Crippen LogP contribution in [0.1, 0.15) is 27.2 Å². The molecule has 2 heterocycles. The highest BCUT2D eigenvalue weighted by Gasteiger charge is 2.31. The minimum atomic E-state index is -4.42. The number of carbonyl (C=O) groups is 1. The average molecular weight is 414 g/mol. The van der Waals surface area contributed by atoms with Crippen molar-refractivity contribution in [3.63, 3.8) is 0 Å². The Morgan fingerprint density at radius 1 is 1.31 bits per heavy atom. The van der Waals surface area contributed by atoms with Crippen molar-refractivity contribution in [3.05, 3.63) is 61.0 Å². The number of H-pyrrole nitrogens is 1. The number of nitrogens with zero attached hydrogens (tertiary/aromatic N) is 3. The van der Waals surface area contributed by atoms with Crippen molar-refractivity contribution in [2.75, 3.05) is 19.7 Å². The maximum atomic E-state index is 12.7. The van der Waals surface area contributed by atoms with Crippen molar-refractivity contribution in [2.24, 2.45) is 0 Å². The van der Waals surface area contributed by atoms with E-state index in [1.807, 2.05) is 13.8 Å². The van der Waals surface area contributed by atoms with Crippen molar-refractivity contribution in [3.8, 4) is 0 Å². The molecule has 1 fully saturated rings. The number of aromatic amines is 1. The normalized spacial score (nSPS) is 16.9. The SMILES string of the molecule is C=C/C=C(\C=C(/C)COC1CCN(C(=O)C=C)C1)C(F)(F)F.CC.c1cn[nH]n1. The zero-order valence-electron chi connectivity index (χ0n) is 17.1. The minimum Gasteiger partial charge on any atom is -0.372 e. The molecule has 1 unspecified atom stereocenters. The summed E-state index contributed by atoms with van der Waals surface area (Å²) < 4.78 is 43.8. The topological polar surface area (TPSA) is 71.1 Å². The quantitative estimate of drug-likeness (QED) is 0.558. The van der Waals surface area contributed by atoms with Gasteiger partial charge in [-0.3, -0.25) is 4.79 Å². The fraction of sp³-hybridized carbons (Fsp3) is 0.450. The van der Waals surface area contributed by atoms with E-state index in [2.05, 4.69) is 28.6 Å². The molecule has 1 amide bonds. The molecule has 6 nitrogen and oxygen atoms in total. The summed E-state index contributed by atoms with van der Waals surface area (Å²) in [5.41, 5.74) is -0.308. The van der Waals surface area contributed by atoms with Crippen molar-refractivity contribution < 1.29 is 22.7 Å². The summed E-state index contributed by atoms with van der Waals surface area (Å²) in [5, 5.41) is 9.33. The average Bonchev–Trinajstić information content (AvgIpc) is 3.41. The van der Waals surface area contributed by atoms with Crippen molar-refractivity contribution >= 4 is 5.91 Å². The first-order valence-electron chi connectivity index (χ1n) is 9.17. The zero-order valence-corrected chi connectivity index (χ0v) is 17.1. The Hall–Kier alpha value is -2.68. The van der Waals surface area contributed by atoms with Gasteiger partial charge in [-0.1, -0.05) is 39.2 Å². The predicted octanol–water partition coefficient (Wildman–Crippen LogP) is 4.24. The number of allylic oxidation sites excluding steroid dienone is 4. The maximum absolute atomic E-state index is 12.7. The van der Waals surface area contributed by atoms with Crippen molar-refractivity contribution in [1.82, 2.24) is 20.3 Å². The molecule has 0 spiro atoms. The van der Waals surface area contributed by atoms with Gasteiger partial charge >= 0.3 is 6.18 Å². The first kappa shape index (κ1) is 26.3. The van der Waals surface area contributed by atoms with Crippen LogP contribution in [0.15, 0.2) is 61.0 Å². The number of likely N-dealkylation sites (tertiary alicyclic amines) is 1. The van der Waals surface area contributed by atoms with Crippen LogP contribution in [0.2, 0.25) is 0 Å². The number of aromatic nitrogens is 3. The van der Waals surface area contributed by atoms with E-state index in [0.29, 0.717) is 25.1 Å². The Balaban J connectivity index is 0.000000949. The molecule has 1 atom stereocenters. The van der Waals surface area contributed by atoms with Gasteiger partial charge in [-0.15, -0.1) is 0 Å². The van der Waals surface area contributed by atoms with Crippen LogP contribution in [-0.4, -0.2) is 58.2 Å². The summed E-state index contributed by atoms with van der Waals surface area (Å²) in [7, 11) is 0. The Bertz CT molecular complexity index is 651. The van der Waals surface area contributed by atoms with Crippen molar-refractivity contribution in [1.29, 1.82) is 0 Å². The Morgan fingerprint density at radius 2 is 1.93 bits per heavy atom. The molecule has 1 aromatic rings. The summed E-state index contributed by atoms with van der Waals surface area (Å²) in [6, 6.07) is 0. The van der Waals surface area contributed by atoms with E-state index < -0.39 is 11.7 Å². The lowest BCUT2D eigenvalue weighted by Gasteiger charge is -2.15. The molecule has 2 rings (SSSR count). The number of amides is 1. The monoisotopic (exact) mass is 414 g/mol. The van der Waals surface area contributed by atoms with Crippen molar-refractivity contribution in [2.45, 2.75) is 39.5 Å². The number of rotatable bonds is 6. The summed E-state index contributed by atoms with van der Waals surface area (Å²) in [4.78, 5) is 13.0. The number of nitrogens with one attached hydrogen (secondary N) is 1. The number of alkyl halides is 3. The van der Waals surface area contributed by atoms with Gasteiger partial charge in [-0.25, -0.2) is 0 Å². The maximum Gasteiger partial charge on any atom is 0.416 e. The first-order valence-corrected chi connectivity index (χ1v) is 9.17. The minimum absolute atomic E-state index is 0.0886. The second kappa shape index (κ2) is 14.3. The van der Waals surface area contributed by atoms with Gasteiger partial charge in [0.2, 0.25) is 5.91 Å². The lowest BCUT2D eigenvalue weighted by molar-refractivity contribution is -0.125. The highest BCUT2D eigenvalue weighted by molar-refractivity contribution is 5.87. The number of hydrogen-bond donors (Lipinski definition) is 1. The molecule has 29 heavy (non-hydrogen) atoms. The summed E-state index contributed by atoms with van der Waals surface area (Å²) in [5.74, 6) is -0.161. The van der Waals surface area contributed by atoms with Gasteiger partial charge in [0.05, 0.1) is 30.7 Å². The predicted molar refractivity (Wildman–Crippen MR) is 107 cm³/mol. The molecular formula is C20H29F3N4O2. The number of ether oxygens (including phenoxy) is 1. The third-order valence-corrected chi connectivity index (χ3v) is 3.54. The van der Waals surface area contributed by atoms with Gasteiger partial charge in [0.15, 0.2) is 0 Å². The molecule has 0 bridgehead atoms. The second-order valence-corrected chi connectivity index (χ2v) is 5.71. The van der Waals surface area contributed by atoms with Gasteiger partial charge in [0, 0.05) is 13.1 Å². The van der Waals surface area contributed by atoms with Crippen LogP contribution in [0.5, 0.6) is 0 Å². The number of hydrogen-bond acceptors (Lipinski definition) is 4. The molecule has 0 aromatic carbocycles. The highest BCUT2D eigenvalue weighted by Crippen LogP contribution is 2.27.